The van der Waals surface area contributed by atoms with Gasteiger partial charge in [0.25, 0.3) is 0 Å². The third kappa shape index (κ3) is 6.61. The molecule has 1 aromatic heterocycles. The van der Waals surface area contributed by atoms with E-state index in [1.807, 2.05) is 30.3 Å². The van der Waals surface area contributed by atoms with Gasteiger partial charge in [-0.25, -0.2) is 17.7 Å². The van der Waals surface area contributed by atoms with Gasteiger partial charge >= 0.3 is 0 Å². The van der Waals surface area contributed by atoms with Crippen molar-refractivity contribution < 1.29 is 12.8 Å². The van der Waals surface area contributed by atoms with Crippen molar-refractivity contribution in [2.24, 2.45) is 4.99 Å². The first-order chi connectivity index (χ1) is 14.1. The Bertz CT molecular complexity index is 859. The van der Waals surface area contributed by atoms with E-state index in [0.29, 0.717) is 26.2 Å². The normalized spacial score (nSPS) is 16.7. The molecule has 0 aliphatic carbocycles. The summed E-state index contributed by atoms with van der Waals surface area (Å²) in [6.45, 7) is 4.08. The second-order valence-corrected chi connectivity index (χ2v) is 9.38. The number of sulfonamides is 1. The molecule has 0 bridgehead atoms. The fourth-order valence-electron chi connectivity index (χ4n) is 3.32. The van der Waals surface area contributed by atoms with Crippen LogP contribution in [-0.4, -0.2) is 50.1 Å². The topological polar surface area (TPSA) is 86.9 Å². The number of nitrogens with zero attached hydrogens (tertiary/aromatic N) is 2. The highest BCUT2D eigenvalue weighted by Crippen LogP contribution is 2.14. The van der Waals surface area contributed by atoms with Gasteiger partial charge in [-0.3, -0.25) is 0 Å². The predicted octanol–water partition coefficient (Wildman–Crippen LogP) is 2.37. The van der Waals surface area contributed by atoms with Gasteiger partial charge in [-0.1, -0.05) is 30.3 Å². The van der Waals surface area contributed by atoms with Gasteiger partial charge in [0.15, 0.2) is 5.96 Å². The molecule has 158 valence electrons. The second-order valence-electron chi connectivity index (χ2n) is 7.12. The number of nitrogens with one attached hydrogen (secondary N) is 2. The van der Waals surface area contributed by atoms with E-state index in [1.165, 1.54) is 0 Å². The van der Waals surface area contributed by atoms with Crippen LogP contribution in [-0.2, 0) is 23.0 Å². The van der Waals surface area contributed by atoms with Crippen LogP contribution in [0, 0.1) is 0 Å². The zero-order valence-electron chi connectivity index (χ0n) is 16.9. The summed E-state index contributed by atoms with van der Waals surface area (Å²) in [4.78, 5) is 4.72. The van der Waals surface area contributed by atoms with Gasteiger partial charge < -0.3 is 15.1 Å². The second kappa shape index (κ2) is 10.5. The van der Waals surface area contributed by atoms with Crippen molar-refractivity contribution in [2.45, 2.75) is 38.8 Å². The minimum Gasteiger partial charge on any atom is -0.469 e. The first kappa shape index (κ1) is 21.4. The molecule has 29 heavy (non-hydrogen) atoms. The summed E-state index contributed by atoms with van der Waals surface area (Å²) in [7, 11) is -3.11. The molecule has 0 unspecified atom stereocenters. The largest absolute Gasteiger partial charge is 0.469 e. The van der Waals surface area contributed by atoms with Crippen molar-refractivity contribution in [1.82, 2.24) is 14.9 Å². The van der Waals surface area contributed by atoms with E-state index in [9.17, 15) is 8.42 Å². The first-order valence-corrected chi connectivity index (χ1v) is 11.8. The van der Waals surface area contributed by atoms with Crippen molar-refractivity contribution >= 4 is 16.0 Å². The van der Waals surface area contributed by atoms with E-state index in [4.69, 9.17) is 9.41 Å². The van der Waals surface area contributed by atoms with Crippen molar-refractivity contribution in [3.63, 3.8) is 0 Å². The zero-order chi connectivity index (χ0) is 20.5. The molecule has 2 aromatic rings. The molecule has 0 atom stereocenters. The maximum Gasteiger partial charge on any atom is 0.213 e. The molecule has 1 aromatic carbocycles. The highest BCUT2D eigenvalue weighted by molar-refractivity contribution is 7.89. The van der Waals surface area contributed by atoms with Crippen LogP contribution in [0.25, 0.3) is 0 Å². The lowest BCUT2D eigenvalue weighted by atomic mass is 10.1. The SMILES string of the molecule is CCS(=O)(=O)N1CCC(NC(=NCc2ccccc2)NCCc2ccco2)CC1. The summed E-state index contributed by atoms with van der Waals surface area (Å²) >= 11 is 0. The molecule has 8 heteroatoms. The molecule has 1 fully saturated rings. The molecule has 3 rings (SSSR count). The molecule has 1 aliphatic rings. The summed E-state index contributed by atoms with van der Waals surface area (Å²) in [6, 6.07) is 14.2. The highest BCUT2D eigenvalue weighted by Gasteiger charge is 2.27. The van der Waals surface area contributed by atoms with E-state index >= 15 is 0 Å². The predicted molar refractivity (Wildman–Crippen MR) is 115 cm³/mol. The smallest absolute Gasteiger partial charge is 0.213 e. The minimum absolute atomic E-state index is 0.156. The van der Waals surface area contributed by atoms with E-state index in [1.54, 1.807) is 17.5 Å². The van der Waals surface area contributed by atoms with Crippen LogP contribution < -0.4 is 10.6 Å². The standard InChI is InChI=1S/C21H30N4O3S/c1-2-29(26,27)25-14-11-19(12-15-25)24-21(22-13-10-20-9-6-16-28-20)23-17-18-7-4-3-5-8-18/h3-9,16,19H,2,10-15,17H2,1H3,(H2,22,23,24). The third-order valence-corrected chi connectivity index (χ3v) is 6.94. The van der Waals surface area contributed by atoms with E-state index < -0.39 is 10.0 Å². The van der Waals surface area contributed by atoms with E-state index in [0.717, 1.165) is 36.5 Å². The van der Waals surface area contributed by atoms with Gasteiger partial charge in [-0.05, 0) is 37.5 Å². The molecular weight excluding hydrogens is 388 g/mol. The summed E-state index contributed by atoms with van der Waals surface area (Å²) < 4.78 is 31.1. The molecule has 0 radical (unpaired) electrons. The molecule has 0 amide bonds. The van der Waals surface area contributed by atoms with Gasteiger partial charge in [-0.2, -0.15) is 0 Å². The van der Waals surface area contributed by atoms with Gasteiger partial charge in [-0.15, -0.1) is 0 Å². The van der Waals surface area contributed by atoms with Crippen LogP contribution in [0.15, 0.2) is 58.1 Å². The number of hydrogen-bond acceptors (Lipinski definition) is 4. The average Bonchev–Trinajstić information content (AvgIpc) is 3.26. The van der Waals surface area contributed by atoms with Gasteiger partial charge in [0.05, 0.1) is 18.6 Å². The molecule has 2 heterocycles. The van der Waals surface area contributed by atoms with Crippen molar-refractivity contribution in [3.05, 3.63) is 60.1 Å². The Morgan fingerprint density at radius 1 is 1.17 bits per heavy atom. The summed E-state index contributed by atoms with van der Waals surface area (Å²) in [5, 5.41) is 6.86. The molecular formula is C21H30N4O3S. The summed E-state index contributed by atoms with van der Waals surface area (Å²) in [6.07, 6.45) is 3.98. The Balaban J connectivity index is 1.57. The lowest BCUT2D eigenvalue weighted by Crippen LogP contribution is -2.50. The Kier molecular flexibility index (Phi) is 7.71. The van der Waals surface area contributed by atoms with E-state index in [2.05, 4.69) is 22.8 Å². The van der Waals surface area contributed by atoms with Crippen molar-refractivity contribution in [1.29, 1.82) is 0 Å². The summed E-state index contributed by atoms with van der Waals surface area (Å²) in [5.74, 6) is 1.83. The van der Waals surface area contributed by atoms with Crippen LogP contribution in [0.3, 0.4) is 0 Å². The highest BCUT2D eigenvalue weighted by atomic mass is 32.2. The Hall–Kier alpha value is -2.32. The van der Waals surface area contributed by atoms with Crippen molar-refractivity contribution in [3.8, 4) is 0 Å². The fourth-order valence-corrected chi connectivity index (χ4v) is 4.45. The molecule has 0 saturated carbocycles. The maximum absolute atomic E-state index is 12.1. The maximum atomic E-state index is 12.1. The van der Waals surface area contributed by atoms with Crippen LogP contribution in [0.4, 0.5) is 0 Å². The minimum atomic E-state index is -3.11. The van der Waals surface area contributed by atoms with Gasteiger partial charge in [0.1, 0.15) is 5.76 Å². The number of furan rings is 1. The van der Waals surface area contributed by atoms with Crippen LogP contribution in [0.5, 0.6) is 0 Å². The van der Waals surface area contributed by atoms with Crippen molar-refractivity contribution in [2.75, 3.05) is 25.4 Å². The quantitative estimate of drug-likeness (QED) is 0.508. The monoisotopic (exact) mass is 418 g/mol. The Labute approximate surface area is 173 Å². The lowest BCUT2D eigenvalue weighted by Gasteiger charge is -2.32. The van der Waals surface area contributed by atoms with Crippen LogP contribution in [0.2, 0.25) is 0 Å². The first-order valence-electron chi connectivity index (χ1n) is 10.2. The molecule has 1 saturated heterocycles. The number of piperidine rings is 1. The average molecular weight is 419 g/mol. The zero-order valence-corrected chi connectivity index (χ0v) is 17.7. The number of rotatable bonds is 8. The number of guanidine groups is 1. The molecule has 1 aliphatic heterocycles. The number of benzene rings is 1. The third-order valence-electron chi connectivity index (χ3n) is 5.06. The number of hydrogen-bond donors (Lipinski definition) is 2. The Morgan fingerprint density at radius 2 is 1.93 bits per heavy atom. The number of aliphatic imine (C=N–C) groups is 1. The van der Waals surface area contributed by atoms with Crippen LogP contribution >= 0.6 is 0 Å². The summed E-state index contributed by atoms with van der Waals surface area (Å²) in [5.41, 5.74) is 1.14. The molecule has 0 spiro atoms. The van der Waals surface area contributed by atoms with Gasteiger partial charge in [0, 0.05) is 32.1 Å². The fraction of sp³-hybridized carbons (Fsp3) is 0.476. The Morgan fingerprint density at radius 3 is 2.59 bits per heavy atom. The lowest BCUT2D eigenvalue weighted by molar-refractivity contribution is 0.306. The van der Waals surface area contributed by atoms with E-state index in [-0.39, 0.29) is 11.8 Å². The van der Waals surface area contributed by atoms with Gasteiger partial charge in [0.2, 0.25) is 10.0 Å². The molecule has 7 nitrogen and oxygen atoms in total. The van der Waals surface area contributed by atoms with Crippen LogP contribution in [0.1, 0.15) is 31.1 Å². The molecule has 2 N–H and O–H groups in total.